The van der Waals surface area contributed by atoms with E-state index in [1.54, 1.807) is 0 Å². The van der Waals surface area contributed by atoms with E-state index >= 15 is 0 Å². The zero-order valence-electron chi connectivity index (χ0n) is 11.4. The fourth-order valence-electron chi connectivity index (χ4n) is 2.90. The molecule has 0 radical (unpaired) electrons. The lowest BCUT2D eigenvalue weighted by Crippen LogP contribution is -2.54. The van der Waals surface area contributed by atoms with Gasteiger partial charge in [0, 0.05) is 18.6 Å². The maximum absolute atomic E-state index is 11.6. The third-order valence-electron chi connectivity index (χ3n) is 3.37. The van der Waals surface area contributed by atoms with Crippen LogP contribution in [-0.2, 0) is 9.84 Å². The third kappa shape index (κ3) is 4.23. The minimum absolute atomic E-state index is 0.0517. The SMILES string of the molecule is CC(N)C(N1CCCS(=O)(=O)CC1)C(C)(C)C. The first kappa shape index (κ1) is 14.9. The summed E-state index contributed by atoms with van der Waals surface area (Å²) in [7, 11) is -2.84. The largest absolute Gasteiger partial charge is 0.327 e. The van der Waals surface area contributed by atoms with Crippen molar-refractivity contribution in [3.8, 4) is 0 Å². The molecule has 0 saturated carbocycles. The van der Waals surface area contributed by atoms with Crippen LogP contribution in [0.2, 0.25) is 0 Å². The fourth-order valence-corrected chi connectivity index (χ4v) is 4.19. The van der Waals surface area contributed by atoms with Gasteiger partial charge < -0.3 is 5.73 Å². The molecule has 2 unspecified atom stereocenters. The molecule has 1 saturated heterocycles. The predicted molar refractivity (Wildman–Crippen MR) is 71.7 cm³/mol. The van der Waals surface area contributed by atoms with E-state index in [9.17, 15) is 8.42 Å². The maximum atomic E-state index is 11.6. The molecule has 0 amide bonds. The minimum atomic E-state index is -2.84. The van der Waals surface area contributed by atoms with Crippen LogP contribution in [0.5, 0.6) is 0 Å². The van der Waals surface area contributed by atoms with Gasteiger partial charge in [0.1, 0.15) is 0 Å². The van der Waals surface area contributed by atoms with Gasteiger partial charge in [-0.15, -0.1) is 0 Å². The maximum Gasteiger partial charge on any atom is 0.151 e. The molecule has 17 heavy (non-hydrogen) atoms. The van der Waals surface area contributed by atoms with Gasteiger partial charge in [-0.05, 0) is 25.3 Å². The zero-order valence-corrected chi connectivity index (χ0v) is 12.3. The molecule has 1 heterocycles. The van der Waals surface area contributed by atoms with Crippen molar-refractivity contribution in [2.45, 2.75) is 46.2 Å². The van der Waals surface area contributed by atoms with Crippen LogP contribution in [0.15, 0.2) is 0 Å². The molecule has 2 atom stereocenters. The number of nitrogens with zero attached hydrogens (tertiary/aromatic N) is 1. The number of nitrogens with two attached hydrogens (primary N) is 1. The zero-order chi connectivity index (χ0) is 13.3. The number of hydrogen-bond donors (Lipinski definition) is 1. The van der Waals surface area contributed by atoms with E-state index in [2.05, 4.69) is 25.7 Å². The van der Waals surface area contributed by atoms with E-state index in [0.29, 0.717) is 12.3 Å². The van der Waals surface area contributed by atoms with E-state index in [1.165, 1.54) is 0 Å². The van der Waals surface area contributed by atoms with Crippen LogP contribution in [-0.4, -0.2) is 50.0 Å². The standard InChI is InChI=1S/C12H26N2O2S/c1-10(13)11(12(2,3)4)14-6-5-8-17(15,16)9-7-14/h10-11H,5-9,13H2,1-4H3. The Bertz CT molecular complexity index is 344. The molecule has 0 aromatic rings. The molecular formula is C12H26N2O2S. The lowest BCUT2D eigenvalue weighted by atomic mass is 9.81. The highest BCUT2D eigenvalue weighted by molar-refractivity contribution is 7.91. The average Bonchev–Trinajstić information content (AvgIpc) is 2.25. The molecule has 5 heteroatoms. The van der Waals surface area contributed by atoms with Crippen LogP contribution in [0.1, 0.15) is 34.1 Å². The molecule has 102 valence electrons. The quantitative estimate of drug-likeness (QED) is 0.802. The molecule has 0 bridgehead atoms. The molecular weight excluding hydrogens is 236 g/mol. The smallest absolute Gasteiger partial charge is 0.151 e. The normalized spacial score (nSPS) is 26.2. The minimum Gasteiger partial charge on any atom is -0.327 e. The lowest BCUT2D eigenvalue weighted by Gasteiger charge is -2.42. The van der Waals surface area contributed by atoms with E-state index in [-0.39, 0.29) is 23.3 Å². The van der Waals surface area contributed by atoms with Gasteiger partial charge in [-0.2, -0.15) is 0 Å². The molecule has 2 N–H and O–H groups in total. The summed E-state index contributed by atoms with van der Waals surface area (Å²) >= 11 is 0. The molecule has 0 spiro atoms. The monoisotopic (exact) mass is 262 g/mol. The van der Waals surface area contributed by atoms with Crippen molar-refractivity contribution in [3.05, 3.63) is 0 Å². The third-order valence-corrected chi connectivity index (χ3v) is 5.08. The first-order chi connectivity index (χ1) is 7.63. The Hall–Kier alpha value is -0.130. The fraction of sp³-hybridized carbons (Fsp3) is 1.00. The Morgan fingerprint density at radius 3 is 2.24 bits per heavy atom. The van der Waals surface area contributed by atoms with Crippen LogP contribution >= 0.6 is 0 Å². The summed E-state index contributed by atoms with van der Waals surface area (Å²) in [5.74, 6) is 0.589. The van der Waals surface area contributed by atoms with Gasteiger partial charge in [0.05, 0.1) is 11.5 Å². The highest BCUT2D eigenvalue weighted by Crippen LogP contribution is 2.27. The van der Waals surface area contributed by atoms with Crippen LogP contribution < -0.4 is 5.73 Å². The van der Waals surface area contributed by atoms with Gasteiger partial charge >= 0.3 is 0 Å². The first-order valence-corrected chi connectivity index (χ1v) is 8.16. The van der Waals surface area contributed by atoms with Crippen LogP contribution in [0.4, 0.5) is 0 Å². The molecule has 0 aromatic carbocycles. The second-order valence-electron chi connectivity index (χ2n) is 6.21. The highest BCUT2D eigenvalue weighted by atomic mass is 32.2. The predicted octanol–water partition coefficient (Wildman–Crippen LogP) is 0.869. The van der Waals surface area contributed by atoms with Crippen molar-refractivity contribution >= 4 is 9.84 Å². The number of sulfone groups is 1. The second-order valence-corrected chi connectivity index (χ2v) is 8.51. The van der Waals surface area contributed by atoms with Crippen LogP contribution in [0.25, 0.3) is 0 Å². The van der Waals surface area contributed by atoms with Crippen molar-refractivity contribution in [3.63, 3.8) is 0 Å². The van der Waals surface area contributed by atoms with E-state index in [0.717, 1.165) is 13.0 Å². The van der Waals surface area contributed by atoms with Crippen LogP contribution in [0, 0.1) is 5.41 Å². The lowest BCUT2D eigenvalue weighted by molar-refractivity contribution is 0.0891. The molecule has 1 fully saturated rings. The first-order valence-electron chi connectivity index (χ1n) is 6.33. The summed E-state index contributed by atoms with van der Waals surface area (Å²) < 4.78 is 23.2. The van der Waals surface area contributed by atoms with Crippen LogP contribution in [0.3, 0.4) is 0 Å². The molecule has 0 aliphatic carbocycles. The molecule has 0 aromatic heterocycles. The van der Waals surface area contributed by atoms with Crippen molar-refractivity contribution in [1.82, 2.24) is 4.90 Å². The molecule has 4 nitrogen and oxygen atoms in total. The van der Waals surface area contributed by atoms with E-state index in [1.807, 2.05) is 6.92 Å². The topological polar surface area (TPSA) is 63.4 Å². The second kappa shape index (κ2) is 5.24. The van der Waals surface area contributed by atoms with Crippen molar-refractivity contribution < 1.29 is 8.42 Å². The van der Waals surface area contributed by atoms with Gasteiger partial charge in [0.15, 0.2) is 9.84 Å². The van der Waals surface area contributed by atoms with Gasteiger partial charge in [-0.25, -0.2) is 8.42 Å². The van der Waals surface area contributed by atoms with Gasteiger partial charge in [0.25, 0.3) is 0 Å². The Kier molecular flexibility index (Phi) is 4.60. The number of hydrogen-bond acceptors (Lipinski definition) is 4. The van der Waals surface area contributed by atoms with E-state index in [4.69, 9.17) is 5.73 Å². The van der Waals surface area contributed by atoms with Gasteiger partial charge in [0.2, 0.25) is 0 Å². The summed E-state index contributed by atoms with van der Waals surface area (Å²) in [6.07, 6.45) is 0.724. The van der Waals surface area contributed by atoms with Gasteiger partial charge in [-0.1, -0.05) is 20.8 Å². The van der Waals surface area contributed by atoms with Crippen molar-refractivity contribution in [2.24, 2.45) is 11.1 Å². The highest BCUT2D eigenvalue weighted by Gasteiger charge is 2.34. The summed E-state index contributed by atoms with van der Waals surface area (Å²) in [6, 6.07) is 0.284. The molecule has 1 rings (SSSR count). The molecule has 1 aliphatic rings. The Morgan fingerprint density at radius 1 is 1.18 bits per heavy atom. The summed E-state index contributed by atoms with van der Waals surface area (Å²) in [5.41, 5.74) is 6.15. The Labute approximate surface area is 105 Å². The Balaban J connectivity index is 2.83. The number of rotatable bonds is 2. The average molecular weight is 262 g/mol. The van der Waals surface area contributed by atoms with Gasteiger partial charge in [-0.3, -0.25) is 4.90 Å². The summed E-state index contributed by atoms with van der Waals surface area (Å²) in [6.45, 7) is 9.96. The van der Waals surface area contributed by atoms with Crippen molar-refractivity contribution in [2.75, 3.05) is 24.6 Å². The molecule has 1 aliphatic heterocycles. The van der Waals surface area contributed by atoms with Crippen molar-refractivity contribution in [1.29, 1.82) is 0 Å². The summed E-state index contributed by atoms with van der Waals surface area (Å²) in [4.78, 5) is 2.26. The Morgan fingerprint density at radius 2 is 1.76 bits per heavy atom. The summed E-state index contributed by atoms with van der Waals surface area (Å²) in [5, 5.41) is 0. The van der Waals surface area contributed by atoms with E-state index < -0.39 is 9.84 Å².